The summed E-state index contributed by atoms with van der Waals surface area (Å²) < 4.78 is 0. The molecular weight excluding hydrogens is 144 g/mol. The van der Waals surface area contributed by atoms with Crippen molar-refractivity contribution in [1.29, 1.82) is 0 Å². The molecule has 3 aliphatic carbocycles. The van der Waals surface area contributed by atoms with Gasteiger partial charge in [-0.2, -0.15) is 0 Å². The Hall–Kier alpha value is -1.04. The number of allylic oxidation sites excluding steroid dienone is 2. The Bertz CT molecular complexity index is 303. The third kappa shape index (κ3) is 0.726. The molecule has 0 saturated heterocycles. The molecule has 1 aromatic carbocycles. The van der Waals surface area contributed by atoms with Crippen LogP contribution in [0.2, 0.25) is 0 Å². The van der Waals surface area contributed by atoms with Crippen molar-refractivity contribution in [3.63, 3.8) is 0 Å². The minimum Gasteiger partial charge on any atom is -0.0804 e. The van der Waals surface area contributed by atoms with Crippen molar-refractivity contribution >= 4 is 0 Å². The van der Waals surface area contributed by atoms with E-state index in [2.05, 4.69) is 36.4 Å². The number of hydrogen-bond acceptors (Lipinski definition) is 0. The van der Waals surface area contributed by atoms with Gasteiger partial charge >= 0.3 is 0 Å². The highest BCUT2D eigenvalue weighted by Crippen LogP contribution is 2.44. The molecule has 4 rings (SSSR count). The largest absolute Gasteiger partial charge is 0.0804 e. The maximum atomic E-state index is 2.39. The summed E-state index contributed by atoms with van der Waals surface area (Å²) in [6.07, 6.45) is 7.49. The van der Waals surface area contributed by atoms with Gasteiger partial charge in [0.05, 0.1) is 0 Å². The molecule has 0 heteroatoms. The Labute approximate surface area is 72.9 Å². The summed E-state index contributed by atoms with van der Waals surface area (Å²) >= 11 is 0. The van der Waals surface area contributed by atoms with Crippen molar-refractivity contribution in [2.45, 2.75) is 24.7 Å². The van der Waals surface area contributed by atoms with Crippen LogP contribution in [0.5, 0.6) is 0 Å². The van der Waals surface area contributed by atoms with E-state index < -0.39 is 0 Å². The minimum atomic E-state index is 0.728. The zero-order chi connectivity index (χ0) is 7.97. The van der Waals surface area contributed by atoms with E-state index in [1.165, 1.54) is 12.8 Å². The first-order valence-corrected chi connectivity index (χ1v) is 4.72. The molecule has 0 fully saturated rings. The van der Waals surface area contributed by atoms with Crippen LogP contribution < -0.4 is 0 Å². The number of benzene rings is 1. The quantitative estimate of drug-likeness (QED) is 0.506. The van der Waals surface area contributed by atoms with E-state index in [0.29, 0.717) is 0 Å². The molecule has 3 aliphatic rings. The minimum absolute atomic E-state index is 0.728. The lowest BCUT2D eigenvalue weighted by Gasteiger charge is -2.33. The van der Waals surface area contributed by atoms with Crippen LogP contribution >= 0.6 is 0 Å². The summed E-state index contributed by atoms with van der Waals surface area (Å²) in [5.74, 6) is 1.46. The molecule has 0 saturated carbocycles. The zero-order valence-corrected chi connectivity index (χ0v) is 7.03. The van der Waals surface area contributed by atoms with Crippen LogP contribution in [0, 0.1) is 0 Å². The van der Waals surface area contributed by atoms with E-state index in [9.17, 15) is 0 Å². The maximum absolute atomic E-state index is 2.39. The predicted molar refractivity (Wildman–Crippen MR) is 50.3 cm³/mol. The normalized spacial score (nSPS) is 30.3. The van der Waals surface area contributed by atoms with Crippen molar-refractivity contribution in [3.05, 3.63) is 47.5 Å². The van der Waals surface area contributed by atoms with E-state index in [1.54, 1.807) is 11.1 Å². The third-order valence-electron chi connectivity index (χ3n) is 3.16. The highest BCUT2D eigenvalue weighted by molar-refractivity contribution is 5.43. The molecule has 0 spiro atoms. The van der Waals surface area contributed by atoms with Gasteiger partial charge in [0.25, 0.3) is 0 Å². The molecule has 2 bridgehead atoms. The van der Waals surface area contributed by atoms with Gasteiger partial charge in [-0.15, -0.1) is 0 Å². The van der Waals surface area contributed by atoms with Crippen LogP contribution in [0.15, 0.2) is 36.4 Å². The molecule has 0 unspecified atom stereocenters. The van der Waals surface area contributed by atoms with Crippen molar-refractivity contribution in [2.75, 3.05) is 0 Å². The van der Waals surface area contributed by atoms with Gasteiger partial charge in [-0.3, -0.25) is 0 Å². The predicted octanol–water partition coefficient (Wildman–Crippen LogP) is 3.22. The molecule has 0 N–H and O–H groups in total. The highest BCUT2D eigenvalue weighted by Gasteiger charge is 2.27. The lowest BCUT2D eigenvalue weighted by atomic mass is 9.72. The maximum Gasteiger partial charge on any atom is 0.00214 e. The van der Waals surface area contributed by atoms with Crippen LogP contribution in [-0.4, -0.2) is 0 Å². The standard InChI is InChI=1S/C12H12/c1-2-4-12-10-7-5-9(6-8-10)11(12)3-1/h1-5,7,9-10H,6,8H2/t9-,10+. The summed E-state index contributed by atoms with van der Waals surface area (Å²) in [4.78, 5) is 0. The van der Waals surface area contributed by atoms with E-state index in [-0.39, 0.29) is 0 Å². The van der Waals surface area contributed by atoms with Crippen LogP contribution in [0.25, 0.3) is 0 Å². The topological polar surface area (TPSA) is 0 Å². The van der Waals surface area contributed by atoms with Gasteiger partial charge in [-0.25, -0.2) is 0 Å². The molecule has 0 nitrogen and oxygen atoms in total. The van der Waals surface area contributed by atoms with E-state index in [4.69, 9.17) is 0 Å². The van der Waals surface area contributed by atoms with Gasteiger partial charge in [-0.1, -0.05) is 36.4 Å². The Kier molecular flexibility index (Phi) is 1.20. The lowest BCUT2D eigenvalue weighted by molar-refractivity contribution is 0.553. The van der Waals surface area contributed by atoms with E-state index in [0.717, 1.165) is 11.8 Å². The number of hydrogen-bond donors (Lipinski definition) is 0. The Morgan fingerprint density at radius 2 is 1.33 bits per heavy atom. The second kappa shape index (κ2) is 2.22. The van der Waals surface area contributed by atoms with Crippen molar-refractivity contribution < 1.29 is 0 Å². The fraction of sp³-hybridized carbons (Fsp3) is 0.333. The van der Waals surface area contributed by atoms with Gasteiger partial charge in [0.1, 0.15) is 0 Å². The number of rotatable bonds is 0. The molecule has 0 aliphatic heterocycles. The second-order valence-electron chi connectivity index (χ2n) is 3.80. The molecule has 2 atom stereocenters. The van der Waals surface area contributed by atoms with Crippen LogP contribution in [0.3, 0.4) is 0 Å². The highest BCUT2D eigenvalue weighted by atomic mass is 14.3. The lowest BCUT2D eigenvalue weighted by Crippen LogP contribution is -2.16. The number of fused-ring (bicyclic) bond motifs is 1. The fourth-order valence-corrected chi connectivity index (χ4v) is 2.52. The fourth-order valence-electron chi connectivity index (χ4n) is 2.52. The zero-order valence-electron chi connectivity index (χ0n) is 7.03. The van der Waals surface area contributed by atoms with Gasteiger partial charge in [0.2, 0.25) is 0 Å². The summed E-state index contributed by atoms with van der Waals surface area (Å²) in [7, 11) is 0. The molecule has 1 aromatic rings. The summed E-state index contributed by atoms with van der Waals surface area (Å²) in [6, 6.07) is 8.89. The third-order valence-corrected chi connectivity index (χ3v) is 3.16. The van der Waals surface area contributed by atoms with Gasteiger partial charge in [0, 0.05) is 11.8 Å². The van der Waals surface area contributed by atoms with Crippen LogP contribution in [0.1, 0.15) is 35.8 Å². The smallest absolute Gasteiger partial charge is 0.00214 e. The summed E-state index contributed by atoms with van der Waals surface area (Å²) in [6.45, 7) is 0. The first-order chi connectivity index (χ1) is 5.95. The molecule has 60 valence electrons. The molecule has 0 heterocycles. The van der Waals surface area contributed by atoms with E-state index in [1.807, 2.05) is 0 Å². The van der Waals surface area contributed by atoms with E-state index >= 15 is 0 Å². The molecule has 0 radical (unpaired) electrons. The van der Waals surface area contributed by atoms with Crippen molar-refractivity contribution in [3.8, 4) is 0 Å². The van der Waals surface area contributed by atoms with Crippen molar-refractivity contribution in [2.24, 2.45) is 0 Å². The average Bonchev–Trinajstić information content (AvgIpc) is 2.20. The monoisotopic (exact) mass is 156 g/mol. The van der Waals surface area contributed by atoms with Gasteiger partial charge in [0.15, 0.2) is 0 Å². The SMILES string of the molecule is C1=C[C@H]2CC[C@@H]1c1ccccc12. The molecule has 0 amide bonds. The van der Waals surface area contributed by atoms with Crippen LogP contribution in [-0.2, 0) is 0 Å². The summed E-state index contributed by atoms with van der Waals surface area (Å²) in [5, 5.41) is 0. The first kappa shape index (κ1) is 6.47. The average molecular weight is 156 g/mol. The van der Waals surface area contributed by atoms with Gasteiger partial charge in [-0.05, 0) is 24.0 Å². The second-order valence-corrected chi connectivity index (χ2v) is 3.80. The molecule has 12 heavy (non-hydrogen) atoms. The molecular formula is C12H12. The van der Waals surface area contributed by atoms with Crippen molar-refractivity contribution in [1.82, 2.24) is 0 Å². The van der Waals surface area contributed by atoms with Gasteiger partial charge < -0.3 is 0 Å². The Morgan fingerprint density at radius 3 is 1.75 bits per heavy atom. The molecule has 0 aromatic heterocycles. The first-order valence-electron chi connectivity index (χ1n) is 4.72. The summed E-state index contributed by atoms with van der Waals surface area (Å²) in [5.41, 5.74) is 3.16. The van der Waals surface area contributed by atoms with Crippen LogP contribution in [0.4, 0.5) is 0 Å². The Balaban J connectivity index is 2.24. The Morgan fingerprint density at radius 1 is 0.833 bits per heavy atom.